The maximum absolute atomic E-state index is 10.0. The van der Waals surface area contributed by atoms with Crippen LogP contribution in [0.2, 0.25) is 0 Å². The van der Waals surface area contributed by atoms with Gasteiger partial charge < -0.3 is 4.79 Å². The first-order valence-corrected chi connectivity index (χ1v) is 3.43. The van der Waals surface area contributed by atoms with E-state index in [2.05, 4.69) is 13.0 Å². The van der Waals surface area contributed by atoms with E-state index < -0.39 is 0 Å². The quantitative estimate of drug-likeness (QED) is 0.417. The predicted molar refractivity (Wildman–Crippen MR) is 39.3 cm³/mol. The number of allylic oxidation sites excluding steroid dienone is 2. The van der Waals surface area contributed by atoms with Gasteiger partial charge in [0.15, 0.2) is 0 Å². The van der Waals surface area contributed by atoms with Crippen LogP contribution in [0.4, 0.5) is 0 Å². The van der Waals surface area contributed by atoms with Gasteiger partial charge in [0.2, 0.25) is 0 Å². The zero-order valence-corrected chi connectivity index (χ0v) is 6.13. The van der Waals surface area contributed by atoms with Gasteiger partial charge in [0.25, 0.3) is 0 Å². The first kappa shape index (κ1) is 8.41. The Balaban J connectivity index is 3.31. The molecule has 1 nitrogen and oxygen atoms in total. The van der Waals surface area contributed by atoms with E-state index in [1.165, 1.54) is 0 Å². The van der Waals surface area contributed by atoms with Gasteiger partial charge in [0.1, 0.15) is 6.29 Å². The lowest BCUT2D eigenvalue weighted by atomic mass is 10.2. The lowest BCUT2D eigenvalue weighted by molar-refractivity contribution is -0.109. The molecule has 0 aromatic rings. The monoisotopic (exact) mass is 126 g/mol. The van der Waals surface area contributed by atoms with Crippen LogP contribution < -0.4 is 0 Å². The summed E-state index contributed by atoms with van der Waals surface area (Å²) in [6, 6.07) is 0. The second kappa shape index (κ2) is 5.54. The molecule has 0 amide bonds. The van der Waals surface area contributed by atoms with Gasteiger partial charge in [-0.2, -0.15) is 0 Å². The first-order valence-electron chi connectivity index (χ1n) is 3.43. The molecule has 0 aliphatic heterocycles. The van der Waals surface area contributed by atoms with E-state index in [4.69, 9.17) is 0 Å². The van der Waals surface area contributed by atoms with Crippen molar-refractivity contribution in [3.63, 3.8) is 0 Å². The van der Waals surface area contributed by atoms with Crippen LogP contribution in [-0.4, -0.2) is 6.29 Å². The van der Waals surface area contributed by atoms with Crippen molar-refractivity contribution in [3.8, 4) is 0 Å². The van der Waals surface area contributed by atoms with Crippen molar-refractivity contribution >= 4 is 6.29 Å². The van der Waals surface area contributed by atoms with Crippen molar-refractivity contribution < 1.29 is 4.79 Å². The highest BCUT2D eigenvalue weighted by Crippen LogP contribution is 1.94. The van der Waals surface area contributed by atoms with E-state index in [1.54, 1.807) is 0 Å². The van der Waals surface area contributed by atoms with Crippen LogP contribution in [0.1, 0.15) is 26.7 Å². The fraction of sp³-hybridized carbons (Fsp3) is 0.625. The van der Waals surface area contributed by atoms with Gasteiger partial charge in [-0.05, 0) is 6.42 Å². The first-order chi connectivity index (χ1) is 4.31. The molecule has 0 bridgehead atoms. The molecule has 1 atom stereocenters. The Kier molecular flexibility index (Phi) is 5.18. The Morgan fingerprint density at radius 1 is 1.56 bits per heavy atom. The third-order valence-electron chi connectivity index (χ3n) is 1.11. The molecular weight excluding hydrogens is 112 g/mol. The Labute approximate surface area is 56.8 Å². The van der Waals surface area contributed by atoms with Gasteiger partial charge in [-0.15, -0.1) is 0 Å². The standard InChI is InChI=1S/C8H14O/c1-3-4-5-6-8(2)7-9/h5-8H,3-4H2,1-2H3/b6-5+/t8-/m1/s1. The van der Waals surface area contributed by atoms with Gasteiger partial charge in [0.05, 0.1) is 0 Å². The molecule has 0 aliphatic rings. The molecule has 0 spiro atoms. The minimum atomic E-state index is 0.0940. The highest BCUT2D eigenvalue weighted by molar-refractivity contribution is 5.55. The summed E-state index contributed by atoms with van der Waals surface area (Å²) < 4.78 is 0. The van der Waals surface area contributed by atoms with E-state index in [9.17, 15) is 4.79 Å². The lowest BCUT2D eigenvalue weighted by Crippen LogP contribution is -1.87. The maximum Gasteiger partial charge on any atom is 0.126 e. The molecule has 0 heterocycles. The molecule has 0 aromatic heterocycles. The number of hydrogen-bond acceptors (Lipinski definition) is 1. The summed E-state index contributed by atoms with van der Waals surface area (Å²) in [5, 5.41) is 0. The molecule has 0 radical (unpaired) electrons. The molecule has 0 saturated heterocycles. The summed E-state index contributed by atoms with van der Waals surface area (Å²) in [6.45, 7) is 4.01. The average molecular weight is 126 g/mol. The van der Waals surface area contributed by atoms with Crippen LogP contribution in [-0.2, 0) is 4.79 Å². The highest BCUT2D eigenvalue weighted by atomic mass is 16.1. The van der Waals surface area contributed by atoms with Crippen LogP contribution >= 0.6 is 0 Å². The molecule has 0 aromatic carbocycles. The number of carbonyl (C=O) groups is 1. The van der Waals surface area contributed by atoms with Crippen LogP contribution in [0.25, 0.3) is 0 Å². The zero-order valence-electron chi connectivity index (χ0n) is 6.13. The Hall–Kier alpha value is -0.590. The average Bonchev–Trinajstić information content (AvgIpc) is 1.89. The summed E-state index contributed by atoms with van der Waals surface area (Å²) in [5.74, 6) is 0.0940. The molecule has 0 unspecified atom stereocenters. The lowest BCUT2D eigenvalue weighted by Gasteiger charge is -1.89. The van der Waals surface area contributed by atoms with Crippen molar-refractivity contribution in [2.75, 3.05) is 0 Å². The minimum absolute atomic E-state index is 0.0940. The van der Waals surface area contributed by atoms with Gasteiger partial charge in [-0.25, -0.2) is 0 Å². The smallest absolute Gasteiger partial charge is 0.126 e. The molecular formula is C8H14O. The second-order valence-electron chi connectivity index (χ2n) is 2.21. The van der Waals surface area contributed by atoms with Gasteiger partial charge in [-0.1, -0.05) is 32.4 Å². The molecule has 0 aliphatic carbocycles. The Bertz CT molecular complexity index is 94.7. The van der Waals surface area contributed by atoms with Crippen molar-refractivity contribution in [1.29, 1.82) is 0 Å². The number of unbranched alkanes of at least 4 members (excludes halogenated alkanes) is 1. The molecule has 0 saturated carbocycles. The molecule has 0 N–H and O–H groups in total. The largest absolute Gasteiger partial charge is 0.303 e. The summed E-state index contributed by atoms with van der Waals surface area (Å²) >= 11 is 0. The molecule has 9 heavy (non-hydrogen) atoms. The van der Waals surface area contributed by atoms with Crippen LogP contribution in [0.5, 0.6) is 0 Å². The third-order valence-corrected chi connectivity index (χ3v) is 1.11. The maximum atomic E-state index is 10.0. The molecule has 1 heteroatoms. The van der Waals surface area contributed by atoms with E-state index in [0.29, 0.717) is 0 Å². The van der Waals surface area contributed by atoms with E-state index in [-0.39, 0.29) is 5.92 Å². The SMILES string of the molecule is CCC/C=C/[C@@H](C)C=O. The van der Waals surface area contributed by atoms with Crippen LogP contribution in [0.15, 0.2) is 12.2 Å². The fourth-order valence-corrected chi connectivity index (χ4v) is 0.523. The topological polar surface area (TPSA) is 17.1 Å². The zero-order chi connectivity index (χ0) is 7.11. The van der Waals surface area contributed by atoms with E-state index in [0.717, 1.165) is 19.1 Å². The number of hydrogen-bond donors (Lipinski definition) is 0. The Morgan fingerprint density at radius 2 is 2.22 bits per heavy atom. The molecule has 0 rings (SSSR count). The summed E-state index contributed by atoms with van der Waals surface area (Å²) in [6.07, 6.45) is 7.18. The summed E-state index contributed by atoms with van der Waals surface area (Å²) in [5.41, 5.74) is 0. The van der Waals surface area contributed by atoms with Crippen molar-refractivity contribution in [2.45, 2.75) is 26.7 Å². The Morgan fingerprint density at radius 3 is 2.67 bits per heavy atom. The number of carbonyl (C=O) groups excluding carboxylic acids is 1. The van der Waals surface area contributed by atoms with E-state index >= 15 is 0 Å². The van der Waals surface area contributed by atoms with Crippen molar-refractivity contribution in [3.05, 3.63) is 12.2 Å². The summed E-state index contributed by atoms with van der Waals surface area (Å²) in [7, 11) is 0. The minimum Gasteiger partial charge on any atom is -0.303 e. The van der Waals surface area contributed by atoms with Gasteiger partial charge in [0, 0.05) is 5.92 Å². The second-order valence-corrected chi connectivity index (χ2v) is 2.21. The highest BCUT2D eigenvalue weighted by Gasteiger charge is 1.88. The number of rotatable bonds is 4. The van der Waals surface area contributed by atoms with Gasteiger partial charge >= 0.3 is 0 Å². The summed E-state index contributed by atoms with van der Waals surface area (Å²) in [4.78, 5) is 10.0. The molecule has 52 valence electrons. The third kappa shape index (κ3) is 5.28. The van der Waals surface area contributed by atoms with Crippen molar-refractivity contribution in [1.82, 2.24) is 0 Å². The number of aldehydes is 1. The van der Waals surface area contributed by atoms with Crippen LogP contribution in [0.3, 0.4) is 0 Å². The van der Waals surface area contributed by atoms with Crippen molar-refractivity contribution in [2.24, 2.45) is 5.92 Å². The normalized spacial score (nSPS) is 14.0. The molecule has 0 fully saturated rings. The van der Waals surface area contributed by atoms with Gasteiger partial charge in [-0.3, -0.25) is 0 Å². The van der Waals surface area contributed by atoms with E-state index in [1.807, 2.05) is 13.0 Å². The fourth-order valence-electron chi connectivity index (χ4n) is 0.523. The predicted octanol–water partition coefficient (Wildman–Crippen LogP) is 2.18. The van der Waals surface area contributed by atoms with Crippen LogP contribution in [0, 0.1) is 5.92 Å².